The third kappa shape index (κ3) is 2.80. The van der Waals surface area contributed by atoms with Crippen LogP contribution in [-0.2, 0) is 4.79 Å². The molecule has 1 atom stereocenters. The van der Waals surface area contributed by atoms with E-state index in [-0.39, 0.29) is 29.3 Å². The number of anilines is 1. The van der Waals surface area contributed by atoms with Crippen molar-refractivity contribution in [3.8, 4) is 0 Å². The largest absolute Gasteiger partial charge is 0.345 e. The van der Waals surface area contributed by atoms with E-state index in [1.54, 1.807) is 12.1 Å². The van der Waals surface area contributed by atoms with Crippen LogP contribution >= 0.6 is 11.6 Å². The quantitative estimate of drug-likeness (QED) is 0.912. The van der Waals surface area contributed by atoms with Crippen LogP contribution in [0.1, 0.15) is 28.4 Å². The molecule has 4 nitrogen and oxygen atoms in total. The zero-order chi connectivity index (χ0) is 15.7. The number of benzene rings is 2. The fourth-order valence-electron chi connectivity index (χ4n) is 2.45. The summed E-state index contributed by atoms with van der Waals surface area (Å²) in [4.78, 5) is 23.9. The Labute approximate surface area is 131 Å². The van der Waals surface area contributed by atoms with Crippen molar-refractivity contribution in [2.75, 3.05) is 5.32 Å². The standard InChI is InChI=1S/C16H12ClFN2O2/c17-12-7-9(5-6-13(12)18)19-15(21)8-14-10-3-1-2-4-11(10)16(22)20-14/h1-7,14H,8H2,(H,19,21)(H,20,22)/t14-/m1/s1. The summed E-state index contributed by atoms with van der Waals surface area (Å²) in [6.07, 6.45) is 0.0950. The van der Waals surface area contributed by atoms with Crippen LogP contribution in [0.4, 0.5) is 10.1 Å². The molecular formula is C16H12ClFN2O2. The normalized spacial score (nSPS) is 16.1. The Morgan fingerprint density at radius 1 is 1.27 bits per heavy atom. The maximum Gasteiger partial charge on any atom is 0.252 e. The molecule has 2 N–H and O–H groups in total. The van der Waals surface area contributed by atoms with Crippen molar-refractivity contribution in [3.63, 3.8) is 0 Å². The average Bonchev–Trinajstić information content (AvgIpc) is 2.80. The lowest BCUT2D eigenvalue weighted by atomic mass is 10.0. The van der Waals surface area contributed by atoms with Gasteiger partial charge in [-0.1, -0.05) is 29.8 Å². The molecule has 22 heavy (non-hydrogen) atoms. The van der Waals surface area contributed by atoms with E-state index in [1.807, 2.05) is 12.1 Å². The molecule has 2 amide bonds. The van der Waals surface area contributed by atoms with Crippen LogP contribution in [0.2, 0.25) is 5.02 Å². The molecule has 0 saturated carbocycles. The fraction of sp³-hybridized carbons (Fsp3) is 0.125. The Hall–Kier alpha value is -2.40. The summed E-state index contributed by atoms with van der Waals surface area (Å²) in [6.45, 7) is 0. The van der Waals surface area contributed by atoms with Gasteiger partial charge < -0.3 is 10.6 Å². The van der Waals surface area contributed by atoms with Gasteiger partial charge in [0, 0.05) is 11.3 Å². The van der Waals surface area contributed by atoms with Crippen molar-refractivity contribution in [1.29, 1.82) is 0 Å². The van der Waals surface area contributed by atoms with Crippen LogP contribution in [0.3, 0.4) is 0 Å². The van der Waals surface area contributed by atoms with E-state index in [4.69, 9.17) is 11.6 Å². The monoisotopic (exact) mass is 318 g/mol. The van der Waals surface area contributed by atoms with Crippen LogP contribution < -0.4 is 10.6 Å². The predicted octanol–water partition coefficient (Wildman–Crippen LogP) is 3.29. The minimum atomic E-state index is -0.545. The van der Waals surface area contributed by atoms with Gasteiger partial charge in [0.25, 0.3) is 5.91 Å². The summed E-state index contributed by atoms with van der Waals surface area (Å²) >= 11 is 5.67. The maximum absolute atomic E-state index is 13.1. The summed E-state index contributed by atoms with van der Waals surface area (Å²) in [5, 5.41) is 5.35. The first-order valence-electron chi connectivity index (χ1n) is 6.69. The number of carbonyl (C=O) groups is 2. The van der Waals surface area contributed by atoms with E-state index in [0.29, 0.717) is 11.3 Å². The van der Waals surface area contributed by atoms with E-state index < -0.39 is 5.82 Å². The molecule has 0 fully saturated rings. The SMILES string of the molecule is O=C(C[C@H]1NC(=O)c2ccccc21)Nc1ccc(F)c(Cl)c1. The minimum Gasteiger partial charge on any atom is -0.345 e. The van der Waals surface area contributed by atoms with Gasteiger partial charge in [0.2, 0.25) is 5.91 Å². The van der Waals surface area contributed by atoms with Crippen LogP contribution in [0, 0.1) is 5.82 Å². The van der Waals surface area contributed by atoms with E-state index in [1.165, 1.54) is 18.2 Å². The second kappa shape index (κ2) is 5.77. The van der Waals surface area contributed by atoms with Crippen LogP contribution in [-0.4, -0.2) is 11.8 Å². The summed E-state index contributed by atoms with van der Waals surface area (Å²) < 4.78 is 13.1. The van der Waals surface area contributed by atoms with Gasteiger partial charge in [0.15, 0.2) is 0 Å². The van der Waals surface area contributed by atoms with Gasteiger partial charge in [-0.05, 0) is 29.8 Å². The molecule has 2 aromatic carbocycles. The number of halogens is 2. The summed E-state index contributed by atoms with van der Waals surface area (Å²) in [7, 11) is 0. The number of hydrogen-bond acceptors (Lipinski definition) is 2. The fourth-order valence-corrected chi connectivity index (χ4v) is 2.63. The Bertz CT molecular complexity index is 764. The molecule has 1 aliphatic heterocycles. The number of amides is 2. The van der Waals surface area contributed by atoms with Crippen LogP contribution in [0.15, 0.2) is 42.5 Å². The van der Waals surface area contributed by atoms with E-state index in [2.05, 4.69) is 10.6 Å². The van der Waals surface area contributed by atoms with Gasteiger partial charge in [-0.3, -0.25) is 9.59 Å². The Balaban J connectivity index is 1.70. The van der Waals surface area contributed by atoms with Gasteiger partial charge in [0.1, 0.15) is 5.82 Å². The molecule has 0 radical (unpaired) electrons. The van der Waals surface area contributed by atoms with Crippen molar-refractivity contribution >= 4 is 29.1 Å². The van der Waals surface area contributed by atoms with Crippen LogP contribution in [0.5, 0.6) is 0 Å². The second-order valence-corrected chi connectivity index (χ2v) is 5.40. The smallest absolute Gasteiger partial charge is 0.252 e. The number of carbonyl (C=O) groups excluding carboxylic acids is 2. The maximum atomic E-state index is 13.1. The molecule has 112 valence electrons. The topological polar surface area (TPSA) is 58.2 Å². The predicted molar refractivity (Wildman–Crippen MR) is 81.3 cm³/mol. The number of rotatable bonds is 3. The first-order chi connectivity index (χ1) is 10.5. The van der Waals surface area contributed by atoms with Gasteiger partial charge in [-0.25, -0.2) is 4.39 Å². The van der Waals surface area contributed by atoms with Crippen molar-refractivity contribution in [2.45, 2.75) is 12.5 Å². The van der Waals surface area contributed by atoms with E-state index >= 15 is 0 Å². The van der Waals surface area contributed by atoms with Crippen molar-refractivity contribution < 1.29 is 14.0 Å². The van der Waals surface area contributed by atoms with Gasteiger partial charge in [-0.15, -0.1) is 0 Å². The highest BCUT2D eigenvalue weighted by molar-refractivity contribution is 6.31. The molecule has 0 unspecified atom stereocenters. The van der Waals surface area contributed by atoms with Gasteiger partial charge >= 0.3 is 0 Å². The second-order valence-electron chi connectivity index (χ2n) is 4.99. The van der Waals surface area contributed by atoms with Gasteiger partial charge in [-0.2, -0.15) is 0 Å². The zero-order valence-corrected chi connectivity index (χ0v) is 12.2. The van der Waals surface area contributed by atoms with E-state index in [9.17, 15) is 14.0 Å². The Kier molecular flexibility index (Phi) is 3.81. The first-order valence-corrected chi connectivity index (χ1v) is 7.07. The third-order valence-electron chi connectivity index (χ3n) is 3.48. The molecule has 0 bridgehead atoms. The van der Waals surface area contributed by atoms with Gasteiger partial charge in [0.05, 0.1) is 17.5 Å². The van der Waals surface area contributed by atoms with Crippen molar-refractivity contribution in [1.82, 2.24) is 5.32 Å². The molecule has 0 saturated heterocycles. The Morgan fingerprint density at radius 3 is 2.82 bits per heavy atom. The van der Waals surface area contributed by atoms with Crippen LogP contribution in [0.25, 0.3) is 0 Å². The number of nitrogens with one attached hydrogen (secondary N) is 2. The summed E-state index contributed by atoms with van der Waals surface area (Å²) in [5.41, 5.74) is 1.80. The summed E-state index contributed by atoms with van der Waals surface area (Å²) in [5.74, 6) is -1.01. The van der Waals surface area contributed by atoms with Crippen molar-refractivity contribution in [3.05, 3.63) is 64.4 Å². The number of fused-ring (bicyclic) bond motifs is 1. The molecule has 2 aromatic rings. The molecule has 3 rings (SSSR count). The highest BCUT2D eigenvalue weighted by Crippen LogP contribution is 2.28. The molecule has 0 spiro atoms. The minimum absolute atomic E-state index is 0.0580. The van der Waals surface area contributed by atoms with E-state index in [0.717, 1.165) is 5.56 Å². The Morgan fingerprint density at radius 2 is 2.05 bits per heavy atom. The molecule has 1 heterocycles. The zero-order valence-electron chi connectivity index (χ0n) is 11.4. The third-order valence-corrected chi connectivity index (χ3v) is 3.77. The lowest BCUT2D eigenvalue weighted by Crippen LogP contribution is -2.24. The van der Waals surface area contributed by atoms with Crippen molar-refractivity contribution in [2.24, 2.45) is 0 Å². The molecule has 0 aromatic heterocycles. The molecular weight excluding hydrogens is 307 g/mol. The lowest BCUT2D eigenvalue weighted by Gasteiger charge is -2.12. The molecule has 1 aliphatic rings. The average molecular weight is 319 g/mol. The first kappa shape index (κ1) is 14.5. The highest BCUT2D eigenvalue weighted by atomic mass is 35.5. The molecule has 6 heteroatoms. The highest BCUT2D eigenvalue weighted by Gasteiger charge is 2.29. The lowest BCUT2D eigenvalue weighted by molar-refractivity contribution is -0.116. The molecule has 0 aliphatic carbocycles. The number of hydrogen-bond donors (Lipinski definition) is 2. The summed E-state index contributed by atoms with van der Waals surface area (Å²) in [6, 6.07) is 10.7.